The summed E-state index contributed by atoms with van der Waals surface area (Å²) < 4.78 is 24.3. The first-order valence-corrected chi connectivity index (χ1v) is 9.04. The number of nitrogens with one attached hydrogen (secondary N) is 1. The molecule has 0 spiro atoms. The van der Waals surface area contributed by atoms with Crippen molar-refractivity contribution in [3.8, 4) is 0 Å². The maximum absolute atomic E-state index is 13.8. The molecule has 1 fully saturated rings. The van der Waals surface area contributed by atoms with Gasteiger partial charge in [-0.3, -0.25) is 14.5 Å². The number of carbonyl (C=O) groups is 3. The number of ether oxygens (including phenoxy) is 2. The molecular formula is C17H20FIN2O5. The van der Waals surface area contributed by atoms with Crippen molar-refractivity contribution in [2.45, 2.75) is 38.8 Å². The molecular weight excluding hydrogens is 458 g/mol. The SMILES string of the molecule is CC(C)(C)OC(=O)CC(=O)NC[C@H]1COC(=O)N1c1ccc(I)c(F)c1. The Morgan fingerprint density at radius 3 is 2.73 bits per heavy atom. The van der Waals surface area contributed by atoms with Gasteiger partial charge in [-0.25, -0.2) is 9.18 Å². The Bertz CT molecular complexity index is 720. The van der Waals surface area contributed by atoms with Crippen molar-refractivity contribution in [3.63, 3.8) is 0 Å². The minimum Gasteiger partial charge on any atom is -0.460 e. The number of halogens is 2. The first-order chi connectivity index (χ1) is 12.1. The van der Waals surface area contributed by atoms with Gasteiger partial charge in [-0.15, -0.1) is 0 Å². The highest BCUT2D eigenvalue weighted by molar-refractivity contribution is 14.1. The Hall–Kier alpha value is -1.91. The monoisotopic (exact) mass is 478 g/mol. The summed E-state index contributed by atoms with van der Waals surface area (Å²) in [5.74, 6) is -1.60. The van der Waals surface area contributed by atoms with E-state index in [0.717, 1.165) is 0 Å². The van der Waals surface area contributed by atoms with Crippen LogP contribution in [0.2, 0.25) is 0 Å². The molecule has 7 nitrogen and oxygen atoms in total. The standard InChI is InChI=1S/C17H20FIN2O5/c1-17(2,3)26-15(23)7-14(22)20-8-11-9-25-16(24)21(11)10-4-5-13(19)12(18)6-10/h4-6,11H,7-9H2,1-3H3,(H,20,22)/t11-/m0/s1. The van der Waals surface area contributed by atoms with Crippen molar-refractivity contribution in [2.75, 3.05) is 18.1 Å². The Kier molecular flexibility index (Phi) is 6.43. The van der Waals surface area contributed by atoms with Gasteiger partial charge in [0.1, 0.15) is 24.4 Å². The third-order valence-electron chi connectivity index (χ3n) is 3.40. The van der Waals surface area contributed by atoms with E-state index in [1.165, 1.54) is 11.0 Å². The number of benzene rings is 1. The molecule has 1 heterocycles. The summed E-state index contributed by atoms with van der Waals surface area (Å²) in [5.41, 5.74) is -0.328. The lowest BCUT2D eigenvalue weighted by Crippen LogP contribution is -2.43. The van der Waals surface area contributed by atoms with Crippen LogP contribution >= 0.6 is 22.6 Å². The van der Waals surface area contributed by atoms with Gasteiger partial charge in [-0.1, -0.05) is 0 Å². The van der Waals surface area contributed by atoms with Crippen LogP contribution in [0.1, 0.15) is 27.2 Å². The number of hydrogen-bond acceptors (Lipinski definition) is 5. The van der Waals surface area contributed by atoms with Gasteiger partial charge in [-0.2, -0.15) is 0 Å². The van der Waals surface area contributed by atoms with E-state index in [1.54, 1.807) is 32.9 Å². The molecule has 1 saturated heterocycles. The molecule has 1 aromatic carbocycles. The summed E-state index contributed by atoms with van der Waals surface area (Å²) in [6.07, 6.45) is -1.03. The highest BCUT2D eigenvalue weighted by Crippen LogP contribution is 2.25. The van der Waals surface area contributed by atoms with Gasteiger partial charge in [0.05, 0.1) is 11.7 Å². The molecule has 0 saturated carbocycles. The van der Waals surface area contributed by atoms with E-state index in [2.05, 4.69) is 5.32 Å². The predicted octanol–water partition coefficient (Wildman–Crippen LogP) is 2.60. The summed E-state index contributed by atoms with van der Waals surface area (Å²) in [5, 5.41) is 2.58. The normalized spacial score (nSPS) is 17.0. The summed E-state index contributed by atoms with van der Waals surface area (Å²) in [6, 6.07) is 3.90. The van der Waals surface area contributed by atoms with Gasteiger partial charge < -0.3 is 14.8 Å². The Morgan fingerprint density at radius 2 is 2.12 bits per heavy atom. The van der Waals surface area contributed by atoms with Crippen LogP contribution in [0.4, 0.5) is 14.9 Å². The molecule has 2 amide bonds. The fourth-order valence-corrected chi connectivity index (χ4v) is 2.70. The average molecular weight is 478 g/mol. The van der Waals surface area contributed by atoms with Gasteiger partial charge in [0.25, 0.3) is 0 Å². The Labute approximate surface area is 164 Å². The molecule has 1 aliphatic heterocycles. The molecule has 142 valence electrons. The number of rotatable bonds is 5. The lowest BCUT2D eigenvalue weighted by Gasteiger charge is -2.22. The van der Waals surface area contributed by atoms with Crippen LogP contribution in [0.5, 0.6) is 0 Å². The van der Waals surface area contributed by atoms with Crippen LogP contribution in [0.3, 0.4) is 0 Å². The average Bonchev–Trinajstić information content (AvgIpc) is 2.87. The lowest BCUT2D eigenvalue weighted by atomic mass is 10.2. The fourth-order valence-electron chi connectivity index (χ4n) is 2.36. The summed E-state index contributed by atoms with van der Waals surface area (Å²) in [6.45, 7) is 5.26. The van der Waals surface area contributed by atoms with Crippen molar-refractivity contribution in [1.29, 1.82) is 0 Å². The van der Waals surface area contributed by atoms with Gasteiger partial charge >= 0.3 is 12.1 Å². The first-order valence-electron chi connectivity index (χ1n) is 7.96. The quantitative estimate of drug-likeness (QED) is 0.400. The lowest BCUT2D eigenvalue weighted by molar-refractivity contribution is -0.156. The van der Waals surface area contributed by atoms with Gasteiger partial charge in [0.2, 0.25) is 5.91 Å². The molecule has 2 rings (SSSR count). The van der Waals surface area contributed by atoms with Crippen LogP contribution in [0, 0.1) is 9.39 Å². The van der Waals surface area contributed by atoms with E-state index in [-0.39, 0.29) is 13.2 Å². The van der Waals surface area contributed by atoms with E-state index in [1.807, 2.05) is 22.6 Å². The smallest absolute Gasteiger partial charge is 0.414 e. The molecule has 26 heavy (non-hydrogen) atoms. The topological polar surface area (TPSA) is 84.9 Å². The highest BCUT2D eigenvalue weighted by Gasteiger charge is 2.35. The largest absolute Gasteiger partial charge is 0.460 e. The van der Waals surface area contributed by atoms with Gasteiger partial charge in [-0.05, 0) is 61.6 Å². The molecule has 1 aliphatic rings. The first kappa shape index (κ1) is 20.4. The number of carbonyl (C=O) groups excluding carboxylic acids is 3. The van der Waals surface area contributed by atoms with Gasteiger partial charge in [0, 0.05) is 10.1 Å². The number of cyclic esters (lactones) is 1. The summed E-state index contributed by atoms with van der Waals surface area (Å²) >= 11 is 1.85. The van der Waals surface area contributed by atoms with Crippen molar-refractivity contribution in [2.24, 2.45) is 0 Å². The van der Waals surface area contributed by atoms with Crippen LogP contribution in [0.15, 0.2) is 18.2 Å². The minimum absolute atomic E-state index is 0.0547. The van der Waals surface area contributed by atoms with E-state index in [4.69, 9.17) is 9.47 Å². The number of nitrogens with zero attached hydrogens (tertiary/aromatic N) is 1. The highest BCUT2D eigenvalue weighted by atomic mass is 127. The summed E-state index contributed by atoms with van der Waals surface area (Å²) in [7, 11) is 0. The molecule has 1 aromatic rings. The number of hydrogen-bond donors (Lipinski definition) is 1. The van der Waals surface area contributed by atoms with Crippen LogP contribution in [0.25, 0.3) is 0 Å². The Morgan fingerprint density at radius 1 is 1.42 bits per heavy atom. The Balaban J connectivity index is 1.95. The van der Waals surface area contributed by atoms with E-state index in [0.29, 0.717) is 9.26 Å². The number of anilines is 1. The van der Waals surface area contributed by atoms with E-state index >= 15 is 0 Å². The van der Waals surface area contributed by atoms with E-state index in [9.17, 15) is 18.8 Å². The van der Waals surface area contributed by atoms with Gasteiger partial charge in [0.15, 0.2) is 0 Å². The van der Waals surface area contributed by atoms with Crippen molar-refractivity contribution >= 4 is 46.2 Å². The molecule has 1 N–H and O–H groups in total. The third kappa shape index (κ3) is 5.55. The van der Waals surface area contributed by atoms with Crippen LogP contribution in [-0.2, 0) is 19.1 Å². The van der Waals surface area contributed by atoms with Crippen LogP contribution < -0.4 is 10.2 Å². The zero-order valence-electron chi connectivity index (χ0n) is 14.7. The fraction of sp³-hybridized carbons (Fsp3) is 0.471. The molecule has 0 aliphatic carbocycles. The number of amides is 2. The minimum atomic E-state index is -0.672. The second-order valence-corrected chi connectivity index (χ2v) is 7.93. The molecule has 1 atom stereocenters. The molecule has 9 heteroatoms. The third-order valence-corrected chi connectivity index (χ3v) is 4.28. The van der Waals surface area contributed by atoms with Crippen molar-refractivity contribution in [3.05, 3.63) is 27.6 Å². The van der Waals surface area contributed by atoms with Crippen LogP contribution in [-0.4, -0.2) is 42.8 Å². The van der Waals surface area contributed by atoms with E-state index < -0.39 is 41.9 Å². The second kappa shape index (κ2) is 8.19. The zero-order chi connectivity index (χ0) is 19.5. The number of esters is 1. The van der Waals surface area contributed by atoms with Crippen molar-refractivity contribution < 1.29 is 28.2 Å². The maximum Gasteiger partial charge on any atom is 0.414 e. The maximum atomic E-state index is 13.8. The van der Waals surface area contributed by atoms with Crippen molar-refractivity contribution in [1.82, 2.24) is 5.32 Å². The molecule has 0 unspecified atom stereocenters. The summed E-state index contributed by atoms with van der Waals surface area (Å²) in [4.78, 5) is 36.8. The molecule has 0 aromatic heterocycles. The predicted molar refractivity (Wildman–Crippen MR) is 100 cm³/mol. The molecule has 0 bridgehead atoms. The molecule has 0 radical (unpaired) electrons. The second-order valence-electron chi connectivity index (χ2n) is 6.77. The zero-order valence-corrected chi connectivity index (χ0v) is 16.8.